The van der Waals surface area contributed by atoms with Crippen molar-refractivity contribution in [2.75, 3.05) is 11.9 Å². The summed E-state index contributed by atoms with van der Waals surface area (Å²) < 4.78 is 11.4. The largest absolute Gasteiger partial charge is 0.492 e. The molecule has 0 aliphatic carbocycles. The van der Waals surface area contributed by atoms with Crippen molar-refractivity contribution < 1.29 is 9.47 Å². The Kier molecular flexibility index (Phi) is 5.55. The molecule has 2 aromatic carbocycles. The van der Waals surface area contributed by atoms with Gasteiger partial charge in [0.2, 0.25) is 0 Å². The van der Waals surface area contributed by atoms with E-state index in [0.29, 0.717) is 11.6 Å². The van der Waals surface area contributed by atoms with Crippen LogP contribution in [0, 0.1) is 0 Å². The van der Waals surface area contributed by atoms with Gasteiger partial charge >= 0.3 is 0 Å². The summed E-state index contributed by atoms with van der Waals surface area (Å²) in [6, 6.07) is 9.85. The molecule has 0 aliphatic rings. The van der Waals surface area contributed by atoms with Gasteiger partial charge in [-0.1, -0.05) is 33.6 Å². The van der Waals surface area contributed by atoms with E-state index in [1.165, 1.54) is 0 Å². The second-order valence-corrected chi connectivity index (χ2v) is 5.99. The molecule has 2 rings (SSSR count). The Bertz CT molecular complexity index is 584. The van der Waals surface area contributed by atoms with Gasteiger partial charge in [0.25, 0.3) is 0 Å². The first-order valence-electron chi connectivity index (χ1n) is 6.69. The smallest absolute Gasteiger partial charge is 0.138 e. The molecule has 20 heavy (non-hydrogen) atoms. The van der Waals surface area contributed by atoms with E-state index in [0.717, 1.165) is 34.0 Å². The second-order valence-electron chi connectivity index (χ2n) is 4.82. The molecule has 0 unspecified atom stereocenters. The molecule has 0 aliphatic heterocycles. The predicted octanol–water partition coefficient (Wildman–Crippen LogP) is 5.44. The number of hydrogen-bond acceptors (Lipinski definition) is 2. The minimum absolute atomic E-state index is 0.162. The summed E-state index contributed by atoms with van der Waals surface area (Å²) in [6.45, 7) is 4.68. The van der Waals surface area contributed by atoms with Gasteiger partial charge in [-0.2, -0.15) is 0 Å². The van der Waals surface area contributed by atoms with Crippen LogP contribution in [0.15, 0.2) is 30.3 Å². The van der Waals surface area contributed by atoms with Crippen molar-refractivity contribution in [3.63, 3.8) is 0 Å². The Morgan fingerprint density at radius 3 is 2.70 bits per heavy atom. The average Bonchev–Trinajstić information content (AvgIpc) is 2.41. The number of benzene rings is 2. The Labute approximate surface area is 133 Å². The molecule has 0 spiro atoms. The van der Waals surface area contributed by atoms with Crippen LogP contribution in [0.3, 0.4) is 0 Å². The Morgan fingerprint density at radius 2 is 2.00 bits per heavy atom. The van der Waals surface area contributed by atoms with Crippen molar-refractivity contribution in [1.29, 1.82) is 0 Å². The summed E-state index contributed by atoms with van der Waals surface area (Å²) in [5, 5.41) is 3.63. The highest BCUT2D eigenvalue weighted by atomic mass is 79.9. The predicted molar refractivity (Wildman–Crippen MR) is 88.6 cm³/mol. The second kappa shape index (κ2) is 7.19. The van der Waals surface area contributed by atoms with Crippen LogP contribution in [0.2, 0.25) is 5.02 Å². The van der Waals surface area contributed by atoms with E-state index in [4.69, 9.17) is 21.1 Å². The number of fused-ring (bicyclic) bond motifs is 1. The summed E-state index contributed by atoms with van der Waals surface area (Å²) in [5.41, 5.74) is 0. The number of ether oxygens (including phenoxy) is 2. The molecule has 0 N–H and O–H groups in total. The van der Waals surface area contributed by atoms with Crippen molar-refractivity contribution in [3.8, 4) is 11.5 Å². The monoisotopic (exact) mass is 356 g/mol. The van der Waals surface area contributed by atoms with Crippen molar-refractivity contribution in [3.05, 3.63) is 35.4 Å². The molecule has 0 saturated heterocycles. The van der Waals surface area contributed by atoms with Crippen LogP contribution < -0.4 is 9.47 Å². The molecule has 0 amide bonds. The average molecular weight is 358 g/mol. The lowest BCUT2D eigenvalue weighted by atomic mass is 10.1. The minimum atomic E-state index is 0.162. The van der Waals surface area contributed by atoms with E-state index in [2.05, 4.69) is 15.9 Å². The fraction of sp³-hybridized carbons (Fsp3) is 0.375. The van der Waals surface area contributed by atoms with Crippen molar-refractivity contribution in [2.24, 2.45) is 0 Å². The molecular formula is C16H18BrClO2. The SMILES string of the molecule is CC(C)Oc1ccc2c(Cl)c(OCCCBr)ccc2c1. The van der Waals surface area contributed by atoms with E-state index in [9.17, 15) is 0 Å². The van der Waals surface area contributed by atoms with Crippen LogP contribution in [-0.2, 0) is 0 Å². The molecule has 0 heterocycles. The molecule has 0 fully saturated rings. The highest BCUT2D eigenvalue weighted by Gasteiger charge is 2.08. The third-order valence-corrected chi connectivity index (χ3v) is 3.75. The topological polar surface area (TPSA) is 18.5 Å². The fourth-order valence-electron chi connectivity index (χ4n) is 1.94. The summed E-state index contributed by atoms with van der Waals surface area (Å²) >= 11 is 9.78. The maximum Gasteiger partial charge on any atom is 0.138 e. The van der Waals surface area contributed by atoms with Gasteiger partial charge in [0, 0.05) is 10.7 Å². The molecule has 0 radical (unpaired) electrons. The molecule has 4 heteroatoms. The van der Waals surface area contributed by atoms with Gasteiger partial charge in [0.15, 0.2) is 0 Å². The first kappa shape index (κ1) is 15.5. The lowest BCUT2D eigenvalue weighted by Gasteiger charge is -2.12. The molecular weight excluding hydrogens is 340 g/mol. The van der Waals surface area contributed by atoms with Gasteiger partial charge in [-0.15, -0.1) is 0 Å². The van der Waals surface area contributed by atoms with E-state index in [1.54, 1.807) is 0 Å². The first-order chi connectivity index (χ1) is 9.61. The van der Waals surface area contributed by atoms with Gasteiger partial charge < -0.3 is 9.47 Å². The molecule has 108 valence electrons. The van der Waals surface area contributed by atoms with E-state index < -0.39 is 0 Å². The molecule has 0 saturated carbocycles. The van der Waals surface area contributed by atoms with E-state index in [-0.39, 0.29) is 6.10 Å². The van der Waals surface area contributed by atoms with Gasteiger partial charge in [-0.25, -0.2) is 0 Å². The molecule has 0 bridgehead atoms. The Morgan fingerprint density at radius 1 is 1.20 bits per heavy atom. The highest BCUT2D eigenvalue weighted by Crippen LogP contribution is 2.34. The molecule has 0 atom stereocenters. The van der Waals surface area contributed by atoms with Crippen molar-refractivity contribution in [1.82, 2.24) is 0 Å². The number of alkyl halides is 1. The maximum atomic E-state index is 6.40. The quantitative estimate of drug-likeness (QED) is 0.506. The zero-order valence-electron chi connectivity index (χ0n) is 11.7. The highest BCUT2D eigenvalue weighted by molar-refractivity contribution is 9.09. The lowest BCUT2D eigenvalue weighted by Crippen LogP contribution is -2.05. The standard InChI is InChI=1S/C16H18BrClO2/c1-11(2)20-13-5-6-14-12(10-13)4-7-15(16(14)18)19-9-3-8-17/h4-7,10-11H,3,8-9H2,1-2H3. The maximum absolute atomic E-state index is 6.40. The Hall–Kier alpha value is -0.930. The summed E-state index contributed by atoms with van der Waals surface area (Å²) in [7, 11) is 0. The molecule has 0 aromatic heterocycles. The van der Waals surface area contributed by atoms with E-state index >= 15 is 0 Å². The van der Waals surface area contributed by atoms with Crippen LogP contribution in [0.5, 0.6) is 11.5 Å². The minimum Gasteiger partial charge on any atom is -0.492 e. The van der Waals surface area contributed by atoms with Crippen LogP contribution in [-0.4, -0.2) is 18.0 Å². The van der Waals surface area contributed by atoms with Crippen molar-refractivity contribution in [2.45, 2.75) is 26.4 Å². The summed E-state index contributed by atoms with van der Waals surface area (Å²) in [4.78, 5) is 0. The van der Waals surface area contributed by atoms with Gasteiger partial charge in [-0.05, 0) is 49.9 Å². The zero-order valence-corrected chi connectivity index (χ0v) is 14.0. The fourth-order valence-corrected chi connectivity index (χ4v) is 2.46. The zero-order chi connectivity index (χ0) is 14.5. The van der Waals surface area contributed by atoms with Crippen LogP contribution in [0.25, 0.3) is 10.8 Å². The normalized spacial score (nSPS) is 11.1. The van der Waals surface area contributed by atoms with Gasteiger partial charge in [0.1, 0.15) is 11.5 Å². The number of hydrogen-bond donors (Lipinski definition) is 0. The summed E-state index contributed by atoms with van der Waals surface area (Å²) in [5.74, 6) is 1.59. The van der Waals surface area contributed by atoms with Crippen LogP contribution >= 0.6 is 27.5 Å². The number of rotatable bonds is 6. The number of halogens is 2. The van der Waals surface area contributed by atoms with E-state index in [1.807, 2.05) is 44.2 Å². The molecule has 2 nitrogen and oxygen atoms in total. The first-order valence-corrected chi connectivity index (χ1v) is 8.19. The van der Waals surface area contributed by atoms with Crippen LogP contribution in [0.4, 0.5) is 0 Å². The van der Waals surface area contributed by atoms with Gasteiger partial charge in [-0.3, -0.25) is 0 Å². The third kappa shape index (κ3) is 3.80. The third-order valence-electron chi connectivity index (χ3n) is 2.80. The van der Waals surface area contributed by atoms with Crippen molar-refractivity contribution >= 4 is 38.3 Å². The lowest BCUT2D eigenvalue weighted by molar-refractivity contribution is 0.243. The molecule has 2 aromatic rings. The van der Waals surface area contributed by atoms with Gasteiger partial charge in [0.05, 0.1) is 17.7 Å². The van der Waals surface area contributed by atoms with Crippen LogP contribution in [0.1, 0.15) is 20.3 Å². The summed E-state index contributed by atoms with van der Waals surface area (Å²) in [6.07, 6.45) is 1.12. The Balaban J connectivity index is 2.27.